The molecule has 0 radical (unpaired) electrons. The fourth-order valence-electron chi connectivity index (χ4n) is 2.06. The number of hydrogen-bond donors (Lipinski definition) is 1. The van der Waals surface area contributed by atoms with Crippen LogP contribution in [-0.4, -0.2) is 25.4 Å². The van der Waals surface area contributed by atoms with E-state index in [-0.39, 0.29) is 22.6 Å². The van der Waals surface area contributed by atoms with Crippen molar-refractivity contribution in [2.75, 3.05) is 0 Å². The molecule has 2 heterocycles. The van der Waals surface area contributed by atoms with Crippen LogP contribution in [0.15, 0.2) is 42.9 Å². The molecule has 0 aliphatic rings. The number of nitrogens with zero attached hydrogens (tertiary/aromatic N) is 3. The van der Waals surface area contributed by atoms with Gasteiger partial charge in [-0.3, -0.25) is 0 Å². The van der Waals surface area contributed by atoms with E-state index in [1.54, 1.807) is 0 Å². The quantitative estimate of drug-likeness (QED) is 0.790. The second-order valence-corrected chi connectivity index (χ2v) is 4.52. The van der Waals surface area contributed by atoms with Crippen LogP contribution in [0.3, 0.4) is 0 Å². The number of aromatic carboxylic acids is 1. The van der Waals surface area contributed by atoms with Crippen molar-refractivity contribution < 1.29 is 23.1 Å². The van der Waals surface area contributed by atoms with Crippen LogP contribution in [0, 0.1) is 0 Å². The van der Waals surface area contributed by atoms with Gasteiger partial charge in [0, 0.05) is 24.2 Å². The molecule has 0 saturated heterocycles. The van der Waals surface area contributed by atoms with E-state index >= 15 is 0 Å². The summed E-state index contributed by atoms with van der Waals surface area (Å²) < 4.78 is 39.6. The topological polar surface area (TPSA) is 67.5 Å². The lowest BCUT2D eigenvalue weighted by molar-refractivity contribution is -0.137. The van der Waals surface area contributed by atoms with Crippen molar-refractivity contribution >= 4 is 11.6 Å². The molecule has 0 unspecified atom stereocenters. The largest absolute Gasteiger partial charge is 0.476 e. The van der Waals surface area contributed by atoms with E-state index in [1.165, 1.54) is 35.1 Å². The van der Waals surface area contributed by atoms with Crippen LogP contribution in [0.5, 0.6) is 0 Å². The number of imidazole rings is 1. The van der Waals surface area contributed by atoms with Gasteiger partial charge in [-0.15, -0.1) is 0 Å². The number of alkyl halides is 3. The zero-order valence-electron chi connectivity index (χ0n) is 10.9. The van der Waals surface area contributed by atoms with Gasteiger partial charge in [0.25, 0.3) is 0 Å². The fraction of sp³-hybridized carbons (Fsp3) is 0.0714. The highest BCUT2D eigenvalue weighted by Gasteiger charge is 2.30. The molecule has 0 atom stereocenters. The molecule has 0 aliphatic carbocycles. The number of aromatic nitrogens is 3. The van der Waals surface area contributed by atoms with E-state index < -0.39 is 17.7 Å². The van der Waals surface area contributed by atoms with Crippen molar-refractivity contribution in [1.82, 2.24) is 14.4 Å². The van der Waals surface area contributed by atoms with E-state index in [2.05, 4.69) is 9.97 Å². The summed E-state index contributed by atoms with van der Waals surface area (Å²) >= 11 is 0. The molecule has 8 heteroatoms. The third kappa shape index (κ3) is 2.39. The summed E-state index contributed by atoms with van der Waals surface area (Å²) in [7, 11) is 0. The van der Waals surface area contributed by atoms with Gasteiger partial charge in [0.2, 0.25) is 0 Å². The van der Waals surface area contributed by atoms with Crippen LogP contribution in [0.4, 0.5) is 13.2 Å². The first kappa shape index (κ1) is 14.1. The number of hydrogen-bond acceptors (Lipinski definition) is 3. The number of carbonyl (C=O) groups is 1. The lowest BCUT2D eigenvalue weighted by atomic mass is 10.1. The first-order valence-corrected chi connectivity index (χ1v) is 6.11. The molecule has 22 heavy (non-hydrogen) atoms. The molecule has 3 aromatic rings. The molecule has 1 aromatic carbocycles. The summed E-state index contributed by atoms with van der Waals surface area (Å²) in [6.45, 7) is 0. The smallest absolute Gasteiger partial charge is 0.416 e. The zero-order valence-corrected chi connectivity index (χ0v) is 10.9. The van der Waals surface area contributed by atoms with Gasteiger partial charge in [0.1, 0.15) is 0 Å². The van der Waals surface area contributed by atoms with Crippen LogP contribution >= 0.6 is 0 Å². The van der Waals surface area contributed by atoms with Gasteiger partial charge < -0.3 is 9.51 Å². The van der Waals surface area contributed by atoms with Crippen molar-refractivity contribution in [3.8, 4) is 11.3 Å². The predicted octanol–water partition coefficient (Wildman–Crippen LogP) is 3.11. The Hall–Kier alpha value is -2.90. The maximum Gasteiger partial charge on any atom is 0.416 e. The first-order valence-electron chi connectivity index (χ1n) is 6.11. The predicted molar refractivity (Wildman–Crippen MR) is 70.4 cm³/mol. The summed E-state index contributed by atoms with van der Waals surface area (Å²) in [6.07, 6.45) is -0.234. The van der Waals surface area contributed by atoms with E-state index in [9.17, 15) is 18.0 Å². The number of fused-ring (bicyclic) bond motifs is 1. The number of halogens is 3. The summed E-state index contributed by atoms with van der Waals surface area (Å²) in [6, 6.07) is 4.68. The van der Waals surface area contributed by atoms with Crippen molar-refractivity contribution in [1.29, 1.82) is 0 Å². The van der Waals surface area contributed by atoms with E-state index in [4.69, 9.17) is 5.11 Å². The highest BCUT2D eigenvalue weighted by atomic mass is 19.4. The zero-order chi connectivity index (χ0) is 15.9. The third-order valence-electron chi connectivity index (χ3n) is 3.06. The highest BCUT2D eigenvalue weighted by molar-refractivity contribution is 5.92. The van der Waals surface area contributed by atoms with Crippen LogP contribution in [-0.2, 0) is 6.18 Å². The van der Waals surface area contributed by atoms with Crippen LogP contribution in [0.25, 0.3) is 16.9 Å². The van der Waals surface area contributed by atoms with Crippen LogP contribution < -0.4 is 0 Å². The molecule has 1 N–H and O–H groups in total. The van der Waals surface area contributed by atoms with Gasteiger partial charge in [-0.1, -0.05) is 12.1 Å². The van der Waals surface area contributed by atoms with E-state index in [0.717, 1.165) is 12.1 Å². The second kappa shape index (κ2) is 4.83. The monoisotopic (exact) mass is 307 g/mol. The maximum absolute atomic E-state index is 12.7. The average molecular weight is 307 g/mol. The Bertz CT molecular complexity index is 871. The standard InChI is InChI=1S/C14H8F3N3O2/c15-14(16,17)9-3-1-2-8(6-9)10-7-20-5-4-18-11(13(21)22)12(20)19-10/h1-7H,(H,21,22). The van der Waals surface area contributed by atoms with Gasteiger partial charge in [0.05, 0.1) is 11.3 Å². The summed E-state index contributed by atoms with van der Waals surface area (Å²) in [5.41, 5.74) is -0.502. The van der Waals surface area contributed by atoms with Crippen molar-refractivity contribution in [2.45, 2.75) is 6.18 Å². The molecule has 0 spiro atoms. The van der Waals surface area contributed by atoms with Gasteiger partial charge >= 0.3 is 12.1 Å². The summed E-state index contributed by atoms with van der Waals surface area (Å²) in [5, 5.41) is 9.05. The lowest BCUT2D eigenvalue weighted by Crippen LogP contribution is -2.04. The van der Waals surface area contributed by atoms with Gasteiger partial charge in [-0.2, -0.15) is 13.2 Å². The fourth-order valence-corrected chi connectivity index (χ4v) is 2.06. The average Bonchev–Trinajstić information content (AvgIpc) is 2.90. The molecule has 5 nitrogen and oxygen atoms in total. The second-order valence-electron chi connectivity index (χ2n) is 4.52. The highest BCUT2D eigenvalue weighted by Crippen LogP contribution is 2.32. The third-order valence-corrected chi connectivity index (χ3v) is 3.06. The normalized spacial score (nSPS) is 11.8. The Morgan fingerprint density at radius 3 is 2.73 bits per heavy atom. The number of benzene rings is 1. The van der Waals surface area contributed by atoms with E-state index in [0.29, 0.717) is 0 Å². The minimum atomic E-state index is -4.46. The molecule has 0 aliphatic heterocycles. The van der Waals surface area contributed by atoms with Crippen LogP contribution in [0.2, 0.25) is 0 Å². The van der Waals surface area contributed by atoms with Crippen molar-refractivity contribution in [2.24, 2.45) is 0 Å². The first-order chi connectivity index (χ1) is 10.4. The molecule has 0 bridgehead atoms. The van der Waals surface area contributed by atoms with Crippen molar-refractivity contribution in [3.63, 3.8) is 0 Å². The van der Waals surface area contributed by atoms with Gasteiger partial charge in [-0.05, 0) is 12.1 Å². The number of carboxylic acid groups (broad SMARTS) is 1. The molecule has 112 valence electrons. The van der Waals surface area contributed by atoms with Crippen molar-refractivity contribution in [3.05, 3.63) is 54.1 Å². The Balaban J connectivity index is 2.15. The Morgan fingerprint density at radius 2 is 2.05 bits per heavy atom. The molecule has 0 saturated carbocycles. The Kier molecular flexibility index (Phi) is 3.09. The molecular weight excluding hydrogens is 299 g/mol. The number of carboxylic acids is 1. The SMILES string of the molecule is O=C(O)c1nccn2cc(-c3cccc(C(F)(F)F)c3)nc12. The van der Waals surface area contributed by atoms with E-state index in [1.807, 2.05) is 0 Å². The van der Waals surface area contributed by atoms with Gasteiger partial charge in [-0.25, -0.2) is 14.8 Å². The maximum atomic E-state index is 12.7. The minimum absolute atomic E-state index is 0.0717. The van der Waals surface area contributed by atoms with Gasteiger partial charge in [0.15, 0.2) is 11.3 Å². The summed E-state index contributed by atoms with van der Waals surface area (Å²) in [5.74, 6) is -1.26. The molecule has 2 aromatic heterocycles. The molecular formula is C14H8F3N3O2. The molecule has 0 fully saturated rings. The minimum Gasteiger partial charge on any atom is -0.476 e. The lowest BCUT2D eigenvalue weighted by Gasteiger charge is -2.07. The molecule has 3 rings (SSSR count). The summed E-state index contributed by atoms with van der Waals surface area (Å²) in [4.78, 5) is 18.9. The Morgan fingerprint density at radius 1 is 1.27 bits per heavy atom. The Labute approximate surface area is 121 Å². The number of rotatable bonds is 2. The van der Waals surface area contributed by atoms with Crippen LogP contribution in [0.1, 0.15) is 16.1 Å². The molecule has 0 amide bonds.